The molecule has 0 saturated carbocycles. The minimum absolute atomic E-state index is 0.00270. The molecule has 0 fully saturated rings. The molecular weight excluding hydrogens is 506 g/mol. The van der Waals surface area contributed by atoms with Crippen LogP contribution in [0.2, 0.25) is 5.02 Å². The van der Waals surface area contributed by atoms with E-state index in [-0.39, 0.29) is 30.6 Å². The summed E-state index contributed by atoms with van der Waals surface area (Å²) in [6.07, 6.45) is 1.54. The molecule has 0 spiro atoms. The molecule has 1 N–H and O–H groups in total. The molecule has 2 aromatic carbocycles. The van der Waals surface area contributed by atoms with Gasteiger partial charge in [-0.3, -0.25) is 4.79 Å². The Morgan fingerprint density at radius 3 is 2.65 bits per heavy atom. The molecule has 2 atom stereocenters. The Balaban J connectivity index is 1.51. The summed E-state index contributed by atoms with van der Waals surface area (Å²) in [5.74, 6) is 0.632. The van der Waals surface area contributed by atoms with E-state index in [1.54, 1.807) is 16.2 Å². The Hall–Kier alpha value is -3.03. The largest absolute Gasteiger partial charge is 0.491 e. The summed E-state index contributed by atoms with van der Waals surface area (Å²) in [5.41, 5.74) is 3.89. The lowest BCUT2D eigenvalue weighted by atomic mass is 10.00. The van der Waals surface area contributed by atoms with Crippen molar-refractivity contribution in [1.82, 2.24) is 9.80 Å². The summed E-state index contributed by atoms with van der Waals surface area (Å²) in [6.45, 7) is 8.85. The lowest BCUT2D eigenvalue weighted by Gasteiger charge is -2.38. The Morgan fingerprint density at radius 2 is 1.95 bits per heavy atom. The van der Waals surface area contributed by atoms with Gasteiger partial charge in [-0.25, -0.2) is 4.79 Å². The Labute approximate surface area is 228 Å². The van der Waals surface area contributed by atoms with Crippen molar-refractivity contribution in [2.75, 3.05) is 25.0 Å². The highest BCUT2D eigenvalue weighted by Gasteiger charge is 2.34. The van der Waals surface area contributed by atoms with Crippen molar-refractivity contribution in [2.24, 2.45) is 0 Å². The molecular formula is C29H34ClN3O3S. The van der Waals surface area contributed by atoms with Crippen LogP contribution in [0, 0.1) is 13.8 Å². The number of carbonyl (C=O) groups excluding carboxylic acids is 2. The number of aryl methyl sites for hydroxylation is 2. The second-order valence-electron chi connectivity index (χ2n) is 9.56. The van der Waals surface area contributed by atoms with Crippen LogP contribution in [0.5, 0.6) is 5.75 Å². The molecule has 0 saturated heterocycles. The van der Waals surface area contributed by atoms with E-state index in [1.165, 1.54) is 4.88 Å². The zero-order chi connectivity index (χ0) is 26.5. The van der Waals surface area contributed by atoms with Crippen LogP contribution in [0.1, 0.15) is 47.9 Å². The molecule has 2 heterocycles. The minimum atomic E-state index is -0.274. The quantitative estimate of drug-likeness (QED) is 0.340. The van der Waals surface area contributed by atoms with E-state index in [4.69, 9.17) is 16.3 Å². The minimum Gasteiger partial charge on any atom is -0.491 e. The number of nitrogens with zero attached hydrogens (tertiary/aromatic N) is 2. The van der Waals surface area contributed by atoms with Crippen molar-refractivity contribution in [3.8, 4) is 5.75 Å². The first-order chi connectivity index (χ1) is 17.8. The van der Waals surface area contributed by atoms with Gasteiger partial charge in [0.05, 0.1) is 6.04 Å². The predicted molar refractivity (Wildman–Crippen MR) is 151 cm³/mol. The SMILES string of the molecule is CC[C@H](C)N(CC(=O)N1CCc2sccc2[C@@H]1COc1ccc(Cl)c(C)c1)C(=O)Nc1ccc(C)cc1. The summed E-state index contributed by atoms with van der Waals surface area (Å²) in [5, 5.41) is 5.71. The smallest absolute Gasteiger partial charge is 0.322 e. The van der Waals surface area contributed by atoms with Crippen LogP contribution >= 0.6 is 22.9 Å². The molecule has 1 aliphatic rings. The fourth-order valence-electron chi connectivity index (χ4n) is 4.47. The molecule has 37 heavy (non-hydrogen) atoms. The third kappa shape index (κ3) is 6.46. The predicted octanol–water partition coefficient (Wildman–Crippen LogP) is 6.86. The molecule has 196 valence electrons. The maximum absolute atomic E-state index is 13.7. The van der Waals surface area contributed by atoms with Crippen molar-refractivity contribution in [3.63, 3.8) is 0 Å². The number of rotatable bonds is 8. The van der Waals surface area contributed by atoms with Crippen LogP contribution in [0.25, 0.3) is 0 Å². The van der Waals surface area contributed by atoms with Crippen LogP contribution in [-0.2, 0) is 11.2 Å². The number of hydrogen-bond acceptors (Lipinski definition) is 4. The van der Waals surface area contributed by atoms with Crippen molar-refractivity contribution in [3.05, 3.63) is 80.5 Å². The Bertz CT molecular complexity index is 1240. The third-order valence-electron chi connectivity index (χ3n) is 6.94. The molecule has 6 nitrogen and oxygen atoms in total. The van der Waals surface area contributed by atoms with Gasteiger partial charge in [0.15, 0.2) is 0 Å². The highest BCUT2D eigenvalue weighted by molar-refractivity contribution is 7.10. The average molecular weight is 540 g/mol. The second-order valence-corrected chi connectivity index (χ2v) is 11.0. The second kappa shape index (κ2) is 12.0. The number of halogens is 1. The monoisotopic (exact) mass is 539 g/mol. The van der Waals surface area contributed by atoms with Gasteiger partial charge in [-0.15, -0.1) is 11.3 Å². The Kier molecular flexibility index (Phi) is 8.77. The molecule has 0 bridgehead atoms. The summed E-state index contributed by atoms with van der Waals surface area (Å²) >= 11 is 7.88. The molecule has 3 aromatic rings. The lowest BCUT2D eigenvalue weighted by Crippen LogP contribution is -2.50. The zero-order valence-corrected chi connectivity index (χ0v) is 23.4. The molecule has 1 aromatic heterocycles. The van der Waals surface area contributed by atoms with Gasteiger partial charge < -0.3 is 19.9 Å². The number of anilines is 1. The van der Waals surface area contributed by atoms with Crippen LogP contribution in [0.3, 0.4) is 0 Å². The highest BCUT2D eigenvalue weighted by atomic mass is 35.5. The third-order valence-corrected chi connectivity index (χ3v) is 8.37. The van der Waals surface area contributed by atoms with Gasteiger partial charge in [0.25, 0.3) is 0 Å². The van der Waals surface area contributed by atoms with E-state index in [0.717, 1.165) is 35.3 Å². The van der Waals surface area contributed by atoms with E-state index in [9.17, 15) is 9.59 Å². The van der Waals surface area contributed by atoms with E-state index in [2.05, 4.69) is 16.8 Å². The van der Waals surface area contributed by atoms with Gasteiger partial charge in [0.1, 0.15) is 18.9 Å². The van der Waals surface area contributed by atoms with E-state index in [1.807, 2.05) is 75.1 Å². The topological polar surface area (TPSA) is 61.9 Å². The first-order valence-corrected chi connectivity index (χ1v) is 13.9. The summed E-state index contributed by atoms with van der Waals surface area (Å²) in [4.78, 5) is 31.7. The average Bonchev–Trinajstić information content (AvgIpc) is 3.37. The van der Waals surface area contributed by atoms with Gasteiger partial charge in [-0.2, -0.15) is 0 Å². The molecule has 0 aliphatic carbocycles. The number of benzene rings is 2. The number of thiophene rings is 1. The van der Waals surface area contributed by atoms with Crippen LogP contribution < -0.4 is 10.1 Å². The van der Waals surface area contributed by atoms with Gasteiger partial charge in [-0.1, -0.05) is 36.2 Å². The number of urea groups is 1. The first-order valence-electron chi connectivity index (χ1n) is 12.7. The normalized spacial score (nSPS) is 15.6. The number of amides is 3. The van der Waals surface area contributed by atoms with Crippen molar-refractivity contribution in [2.45, 2.75) is 52.6 Å². The van der Waals surface area contributed by atoms with Crippen LogP contribution in [0.15, 0.2) is 53.9 Å². The first kappa shape index (κ1) is 27.0. The highest BCUT2D eigenvalue weighted by Crippen LogP contribution is 2.34. The lowest BCUT2D eigenvalue weighted by molar-refractivity contribution is -0.135. The zero-order valence-electron chi connectivity index (χ0n) is 21.8. The number of nitrogens with one attached hydrogen (secondary N) is 1. The standard InChI is InChI=1S/C29H34ClN3O3S/c1-5-21(4)33(29(35)31-22-8-6-19(2)7-9-22)17-28(34)32-14-12-27-24(13-15-37-27)26(32)18-36-23-10-11-25(30)20(3)16-23/h6-11,13,15-16,21,26H,5,12,14,17-18H2,1-4H3,(H,31,35)/t21-,26-/m0/s1. The number of ether oxygens (including phenoxy) is 1. The molecule has 0 unspecified atom stereocenters. The van der Waals surface area contributed by atoms with Crippen LogP contribution in [-0.4, -0.2) is 47.5 Å². The molecule has 1 aliphatic heterocycles. The number of hydrogen-bond donors (Lipinski definition) is 1. The molecule has 8 heteroatoms. The van der Waals surface area contributed by atoms with Gasteiger partial charge in [-0.05, 0) is 86.5 Å². The van der Waals surface area contributed by atoms with E-state index in [0.29, 0.717) is 23.9 Å². The van der Waals surface area contributed by atoms with Gasteiger partial charge >= 0.3 is 6.03 Å². The Morgan fingerprint density at radius 1 is 1.19 bits per heavy atom. The number of carbonyl (C=O) groups is 2. The van der Waals surface area contributed by atoms with Crippen molar-refractivity contribution < 1.29 is 14.3 Å². The van der Waals surface area contributed by atoms with Gasteiger partial charge in [0.2, 0.25) is 5.91 Å². The van der Waals surface area contributed by atoms with Gasteiger partial charge in [0, 0.05) is 28.2 Å². The molecule has 4 rings (SSSR count). The summed E-state index contributed by atoms with van der Waals surface area (Å²) in [7, 11) is 0. The fraction of sp³-hybridized carbons (Fsp3) is 0.379. The van der Waals surface area contributed by atoms with E-state index >= 15 is 0 Å². The van der Waals surface area contributed by atoms with Crippen LogP contribution in [0.4, 0.5) is 10.5 Å². The van der Waals surface area contributed by atoms with Crippen molar-refractivity contribution >= 4 is 40.6 Å². The molecule has 0 radical (unpaired) electrons. The maximum atomic E-state index is 13.7. The summed E-state index contributed by atoms with van der Waals surface area (Å²) < 4.78 is 6.16. The van der Waals surface area contributed by atoms with E-state index < -0.39 is 0 Å². The fourth-order valence-corrected chi connectivity index (χ4v) is 5.52. The van der Waals surface area contributed by atoms with Crippen molar-refractivity contribution in [1.29, 1.82) is 0 Å². The molecule has 3 amide bonds. The maximum Gasteiger partial charge on any atom is 0.322 e. The summed E-state index contributed by atoms with van der Waals surface area (Å²) in [6, 6.07) is 14.7. The number of fused-ring (bicyclic) bond motifs is 1.